The molecule has 1 heterocycles. The molecule has 0 aliphatic heterocycles. The number of benzene rings is 7. The van der Waals surface area contributed by atoms with Gasteiger partial charge in [0.1, 0.15) is 0 Å². The molecule has 4 aliphatic carbocycles. The lowest BCUT2D eigenvalue weighted by atomic mass is 9.61. The van der Waals surface area contributed by atoms with Crippen LogP contribution >= 0.6 is 0 Å². The van der Waals surface area contributed by atoms with Gasteiger partial charge in [-0.15, -0.1) is 0 Å². The van der Waals surface area contributed by atoms with E-state index in [-0.39, 0.29) is 0 Å². The van der Waals surface area contributed by atoms with E-state index in [0.717, 1.165) is 36.2 Å². The molecule has 0 saturated heterocycles. The molecule has 1 aromatic heterocycles. The van der Waals surface area contributed by atoms with Crippen molar-refractivity contribution in [2.24, 2.45) is 4.99 Å². The van der Waals surface area contributed by atoms with Gasteiger partial charge in [0.05, 0.1) is 16.4 Å². The van der Waals surface area contributed by atoms with Gasteiger partial charge in [0.2, 0.25) is 0 Å². The predicted octanol–water partition coefficient (Wildman–Crippen LogP) is 17.3. The molecule has 330 valence electrons. The van der Waals surface area contributed by atoms with Gasteiger partial charge in [-0.05, 0) is 159 Å². The second-order valence-electron chi connectivity index (χ2n) is 18.3. The summed E-state index contributed by atoms with van der Waals surface area (Å²) >= 11 is 0. The number of aromatic nitrogens is 1. The van der Waals surface area contributed by atoms with Crippen molar-refractivity contribution in [3.05, 3.63) is 263 Å². The molecule has 0 N–H and O–H groups in total. The fraction of sp³-hybridized carbons (Fsp3) is 0.136. The van der Waals surface area contributed by atoms with Crippen molar-refractivity contribution in [3.8, 4) is 11.1 Å². The number of hydrogen-bond donors (Lipinski definition) is 0. The lowest BCUT2D eigenvalue weighted by Gasteiger charge is -2.40. The third kappa shape index (κ3) is 6.81. The number of fused-ring (bicyclic) bond motifs is 10. The molecule has 0 bridgehead atoms. The summed E-state index contributed by atoms with van der Waals surface area (Å²) in [5, 5.41) is 5.14. The Morgan fingerprint density at radius 1 is 0.647 bits per heavy atom. The van der Waals surface area contributed by atoms with Gasteiger partial charge < -0.3 is 4.57 Å². The molecule has 0 radical (unpaired) electrons. The zero-order valence-corrected chi connectivity index (χ0v) is 39.6. The van der Waals surface area contributed by atoms with Crippen molar-refractivity contribution >= 4 is 60.7 Å². The van der Waals surface area contributed by atoms with E-state index in [9.17, 15) is 0 Å². The third-order valence-corrected chi connectivity index (χ3v) is 14.7. The van der Waals surface area contributed by atoms with Gasteiger partial charge in [0.15, 0.2) is 0 Å². The second-order valence-corrected chi connectivity index (χ2v) is 18.3. The Bertz CT molecular complexity index is 3620. The Hall–Kier alpha value is -7.81. The van der Waals surface area contributed by atoms with E-state index in [0.29, 0.717) is 0 Å². The van der Waals surface area contributed by atoms with Crippen LogP contribution in [0.5, 0.6) is 0 Å². The minimum Gasteiger partial charge on any atom is -0.309 e. The van der Waals surface area contributed by atoms with Crippen LogP contribution in [0.4, 0.5) is 0 Å². The van der Waals surface area contributed by atoms with Crippen molar-refractivity contribution in [2.75, 3.05) is 7.05 Å². The molecule has 68 heavy (non-hydrogen) atoms. The number of aliphatic imine (C=N–C) groups is 1. The first kappa shape index (κ1) is 42.8. The third-order valence-electron chi connectivity index (χ3n) is 14.7. The Morgan fingerprint density at radius 3 is 2.12 bits per heavy atom. The minimum atomic E-state index is -0.458. The summed E-state index contributed by atoms with van der Waals surface area (Å²) in [6, 6.07) is 54.1. The highest BCUT2D eigenvalue weighted by Gasteiger charge is 2.51. The quantitative estimate of drug-likeness (QED) is 0.148. The molecule has 0 saturated carbocycles. The lowest BCUT2D eigenvalue weighted by molar-refractivity contribution is 0.774. The molecule has 7 aromatic carbocycles. The molecular weight excluding hydrogens is 821 g/mol. The van der Waals surface area contributed by atoms with Crippen molar-refractivity contribution in [1.82, 2.24) is 4.57 Å². The van der Waals surface area contributed by atoms with Crippen LogP contribution in [-0.4, -0.2) is 17.3 Å². The highest BCUT2D eigenvalue weighted by Crippen LogP contribution is 2.63. The van der Waals surface area contributed by atoms with Crippen LogP contribution < -0.4 is 0 Å². The number of para-hydroxylation sites is 1. The normalized spacial score (nSPS) is 18.3. The van der Waals surface area contributed by atoms with Crippen LogP contribution in [0.2, 0.25) is 0 Å². The fourth-order valence-electron chi connectivity index (χ4n) is 11.5. The maximum Gasteiger partial charge on any atom is 0.0725 e. The highest BCUT2D eigenvalue weighted by atomic mass is 15.0. The molecule has 4 aliphatic rings. The van der Waals surface area contributed by atoms with E-state index in [4.69, 9.17) is 6.58 Å². The fourth-order valence-corrected chi connectivity index (χ4v) is 11.5. The van der Waals surface area contributed by atoms with Crippen molar-refractivity contribution < 1.29 is 0 Å². The summed E-state index contributed by atoms with van der Waals surface area (Å²) in [4.78, 5) is 4.22. The molecule has 8 aromatic rings. The molecule has 1 spiro atoms. The molecular formula is C66H56N2. The number of rotatable bonds is 6. The molecule has 1 unspecified atom stereocenters. The Balaban J connectivity index is 0.000000269. The largest absolute Gasteiger partial charge is 0.309 e. The molecule has 12 rings (SSSR count). The average molecular weight is 877 g/mol. The molecule has 0 fully saturated rings. The highest BCUT2D eigenvalue weighted by molar-refractivity contribution is 6.26. The summed E-state index contributed by atoms with van der Waals surface area (Å²) in [6.45, 7) is 11.1. The van der Waals surface area contributed by atoms with Crippen LogP contribution in [0.15, 0.2) is 223 Å². The lowest BCUT2D eigenvalue weighted by Crippen LogP contribution is -2.32. The topological polar surface area (TPSA) is 17.3 Å². The van der Waals surface area contributed by atoms with Gasteiger partial charge in [-0.3, -0.25) is 4.99 Å². The zero-order valence-electron chi connectivity index (χ0n) is 39.6. The Kier molecular flexibility index (Phi) is 11.2. The standard InChI is InChI=1S/C51H39N.C15H17N/c1-4-6-26-43-37(5-2)38-22-10-13-27-44(38)51(43)45-28-14-11-23-39(45)42-32-48-50(41-25-17-29-46(51)49(41)42)40-24-12-15-30-47(40)52(48)33(3)35-20-16-21-36(31-35)34-18-8-7-9-19-34;1-12(16-2)14-9-6-10-15(11-14)13-7-4-3-5-8-13/h4-8,10-18,20-32H,3,9,19H2,1-2H3;4,6-11H,3,5H2,1-2H3/b6-4-,37-5-,43-26+;. The van der Waals surface area contributed by atoms with Crippen molar-refractivity contribution in [3.63, 3.8) is 0 Å². The molecule has 2 heteroatoms. The first-order valence-electron chi connectivity index (χ1n) is 24.2. The summed E-state index contributed by atoms with van der Waals surface area (Å²) in [7, 11) is 1.84. The van der Waals surface area contributed by atoms with Crippen LogP contribution in [0.25, 0.3) is 66.1 Å². The van der Waals surface area contributed by atoms with Crippen LogP contribution in [0, 0.1) is 0 Å². The SMILES string of the molecule is C=C(c1cccc(C2=CC=CCC2)c1)n1c2ccccc2c2c3cccc4c3c(cc21)-c1ccccc1C41C(=C/C=C\C)/C(=C\C)c2ccccc21.CN=C(C)c1cccc(C2=CCCC=C2)c1. The van der Waals surface area contributed by atoms with E-state index < -0.39 is 5.41 Å². The second kappa shape index (κ2) is 17.8. The predicted molar refractivity (Wildman–Crippen MR) is 293 cm³/mol. The monoisotopic (exact) mass is 876 g/mol. The summed E-state index contributed by atoms with van der Waals surface area (Å²) in [5.74, 6) is 0. The first-order valence-corrected chi connectivity index (χ1v) is 24.2. The maximum absolute atomic E-state index is 4.81. The maximum atomic E-state index is 4.81. The van der Waals surface area contributed by atoms with Crippen molar-refractivity contribution in [2.45, 2.75) is 51.9 Å². The van der Waals surface area contributed by atoms with Gasteiger partial charge >= 0.3 is 0 Å². The van der Waals surface area contributed by atoms with E-state index >= 15 is 0 Å². The zero-order chi connectivity index (χ0) is 46.4. The summed E-state index contributed by atoms with van der Waals surface area (Å²) in [6.07, 6.45) is 26.9. The average Bonchev–Trinajstić information content (AvgIpc) is 3.89. The van der Waals surface area contributed by atoms with Crippen molar-refractivity contribution in [1.29, 1.82) is 0 Å². The number of nitrogens with zero attached hydrogens (tertiary/aromatic N) is 2. The van der Waals surface area contributed by atoms with Gasteiger partial charge in [-0.2, -0.15) is 0 Å². The Morgan fingerprint density at radius 2 is 1.35 bits per heavy atom. The smallest absolute Gasteiger partial charge is 0.0725 e. The number of hydrogen-bond acceptors (Lipinski definition) is 1. The number of allylic oxidation sites excluding steroid dienone is 14. The first-order chi connectivity index (χ1) is 33.5. The molecule has 1 atom stereocenters. The molecule has 0 amide bonds. The minimum absolute atomic E-state index is 0.458. The van der Waals surface area contributed by atoms with Gasteiger partial charge in [-0.1, -0.05) is 189 Å². The Labute approximate surface area is 401 Å². The van der Waals surface area contributed by atoms with E-state index in [1.54, 1.807) is 0 Å². The van der Waals surface area contributed by atoms with E-state index in [1.165, 1.54) is 111 Å². The van der Waals surface area contributed by atoms with E-state index in [2.05, 4.69) is 230 Å². The summed E-state index contributed by atoms with van der Waals surface area (Å²) < 4.78 is 2.41. The van der Waals surface area contributed by atoms with Crippen LogP contribution in [0.3, 0.4) is 0 Å². The van der Waals surface area contributed by atoms with Crippen LogP contribution in [0.1, 0.15) is 91.0 Å². The van der Waals surface area contributed by atoms with E-state index in [1.807, 2.05) is 14.0 Å². The van der Waals surface area contributed by atoms with Gasteiger partial charge in [0, 0.05) is 29.2 Å². The summed E-state index contributed by atoms with van der Waals surface area (Å²) in [5.41, 5.74) is 22.1. The van der Waals surface area contributed by atoms with Gasteiger partial charge in [0.25, 0.3) is 0 Å². The van der Waals surface area contributed by atoms with Gasteiger partial charge in [-0.25, -0.2) is 0 Å². The van der Waals surface area contributed by atoms with Crippen LogP contribution in [-0.2, 0) is 5.41 Å². The molecule has 2 nitrogen and oxygen atoms in total.